The number of hydrogen-bond donors (Lipinski definition) is 4. The van der Waals surface area contributed by atoms with Crippen molar-refractivity contribution in [3.05, 3.63) is 64.7 Å². The number of nitrogens with zero attached hydrogens (tertiary/aromatic N) is 2. The summed E-state index contributed by atoms with van der Waals surface area (Å²) in [5.41, 5.74) is 2.65. The SMILES string of the molecule is CON=CCOc1ccc(Cc2cc([C@@H]3O[C@H](CO)[C@@H](O)[C@H](O)[C@@H]3O)ccc2C#N)cc1. The highest BCUT2D eigenvalue weighted by molar-refractivity contribution is 5.58. The number of ether oxygens (including phenoxy) is 2. The quantitative estimate of drug-likeness (QED) is 0.345. The topological polar surface area (TPSA) is 145 Å². The zero-order valence-electron chi connectivity index (χ0n) is 17.5. The van der Waals surface area contributed by atoms with Gasteiger partial charge in [-0.2, -0.15) is 5.26 Å². The predicted molar refractivity (Wildman–Crippen MR) is 114 cm³/mol. The number of rotatable bonds is 8. The first kappa shape index (κ1) is 23.7. The second-order valence-corrected chi connectivity index (χ2v) is 7.38. The largest absolute Gasteiger partial charge is 0.488 e. The number of oxime groups is 1. The van der Waals surface area contributed by atoms with Gasteiger partial charge in [-0.1, -0.05) is 29.4 Å². The molecule has 1 saturated heterocycles. The van der Waals surface area contributed by atoms with Crippen molar-refractivity contribution < 1.29 is 34.7 Å². The van der Waals surface area contributed by atoms with E-state index in [1.54, 1.807) is 18.2 Å². The summed E-state index contributed by atoms with van der Waals surface area (Å²) in [7, 11) is 1.45. The molecular weight excluding hydrogens is 416 g/mol. The van der Waals surface area contributed by atoms with Gasteiger partial charge >= 0.3 is 0 Å². The normalized spacial score (nSPS) is 25.4. The Bertz CT molecular complexity index is 956. The first-order chi connectivity index (χ1) is 15.5. The van der Waals surface area contributed by atoms with Crippen molar-refractivity contribution in [3.8, 4) is 11.8 Å². The Balaban J connectivity index is 1.78. The number of aliphatic hydroxyl groups excluding tert-OH is 4. The summed E-state index contributed by atoms with van der Waals surface area (Å²) in [6.45, 7) is -0.233. The van der Waals surface area contributed by atoms with Crippen LogP contribution in [0.5, 0.6) is 5.75 Å². The minimum absolute atomic E-state index is 0.271. The fourth-order valence-corrected chi connectivity index (χ4v) is 3.58. The molecule has 0 amide bonds. The van der Waals surface area contributed by atoms with E-state index in [9.17, 15) is 25.7 Å². The Hall–Kier alpha value is -3.00. The van der Waals surface area contributed by atoms with Gasteiger partial charge < -0.3 is 34.7 Å². The van der Waals surface area contributed by atoms with E-state index >= 15 is 0 Å². The molecule has 0 aromatic heterocycles. The molecule has 0 saturated carbocycles. The summed E-state index contributed by atoms with van der Waals surface area (Å²) in [6.07, 6.45) is -4.29. The average molecular weight is 442 g/mol. The highest BCUT2D eigenvalue weighted by Gasteiger charge is 2.44. The van der Waals surface area contributed by atoms with Gasteiger partial charge in [0.2, 0.25) is 0 Å². The highest BCUT2D eigenvalue weighted by atomic mass is 16.6. The fraction of sp³-hybridized carbons (Fsp3) is 0.391. The van der Waals surface area contributed by atoms with Gasteiger partial charge in [-0.3, -0.25) is 0 Å². The summed E-state index contributed by atoms with van der Waals surface area (Å²) in [5, 5.41) is 53.0. The predicted octanol–water partition coefficient (Wildman–Crippen LogP) is 0.675. The molecule has 0 aliphatic carbocycles. The van der Waals surface area contributed by atoms with Gasteiger partial charge in [0.05, 0.1) is 24.5 Å². The van der Waals surface area contributed by atoms with E-state index in [0.717, 1.165) is 5.56 Å². The zero-order chi connectivity index (χ0) is 23.1. The molecule has 0 radical (unpaired) electrons. The molecule has 5 atom stereocenters. The van der Waals surface area contributed by atoms with Gasteiger partial charge in [0.15, 0.2) is 0 Å². The van der Waals surface area contributed by atoms with E-state index in [2.05, 4.69) is 16.1 Å². The maximum absolute atomic E-state index is 10.4. The minimum atomic E-state index is -1.47. The molecule has 1 heterocycles. The summed E-state index contributed by atoms with van der Waals surface area (Å²) in [5.74, 6) is 0.659. The second kappa shape index (κ2) is 11.0. The van der Waals surface area contributed by atoms with Crippen molar-refractivity contribution in [2.24, 2.45) is 5.16 Å². The molecule has 2 aromatic rings. The van der Waals surface area contributed by atoms with Gasteiger partial charge in [-0.15, -0.1) is 0 Å². The molecule has 1 fully saturated rings. The van der Waals surface area contributed by atoms with Gasteiger partial charge in [-0.25, -0.2) is 0 Å². The monoisotopic (exact) mass is 442 g/mol. The minimum Gasteiger partial charge on any atom is -0.488 e. The first-order valence-corrected chi connectivity index (χ1v) is 10.1. The van der Waals surface area contributed by atoms with Crippen LogP contribution >= 0.6 is 0 Å². The summed E-state index contributed by atoms with van der Waals surface area (Å²) in [4.78, 5) is 4.57. The van der Waals surface area contributed by atoms with Crippen LogP contribution in [0.2, 0.25) is 0 Å². The van der Waals surface area contributed by atoms with Crippen molar-refractivity contribution in [1.82, 2.24) is 0 Å². The molecule has 0 spiro atoms. The third-order valence-corrected chi connectivity index (χ3v) is 5.29. The van der Waals surface area contributed by atoms with Crippen molar-refractivity contribution in [3.63, 3.8) is 0 Å². The number of aliphatic hydroxyl groups is 4. The Morgan fingerprint density at radius 2 is 1.84 bits per heavy atom. The maximum Gasteiger partial charge on any atom is 0.127 e. The molecule has 4 N–H and O–H groups in total. The lowest BCUT2D eigenvalue weighted by molar-refractivity contribution is -0.231. The van der Waals surface area contributed by atoms with Crippen molar-refractivity contribution in [2.45, 2.75) is 36.9 Å². The molecule has 0 bridgehead atoms. The lowest BCUT2D eigenvalue weighted by Crippen LogP contribution is -2.55. The van der Waals surface area contributed by atoms with Crippen LogP contribution < -0.4 is 4.74 Å². The van der Waals surface area contributed by atoms with Crippen molar-refractivity contribution in [2.75, 3.05) is 20.3 Å². The smallest absolute Gasteiger partial charge is 0.127 e. The average Bonchev–Trinajstić information content (AvgIpc) is 2.81. The van der Waals surface area contributed by atoms with E-state index in [-0.39, 0.29) is 6.61 Å². The fourth-order valence-electron chi connectivity index (χ4n) is 3.58. The van der Waals surface area contributed by atoms with E-state index in [4.69, 9.17) is 9.47 Å². The van der Waals surface area contributed by atoms with Crippen LogP contribution in [0, 0.1) is 11.3 Å². The van der Waals surface area contributed by atoms with Gasteiger partial charge in [-0.05, 0) is 41.3 Å². The first-order valence-electron chi connectivity index (χ1n) is 10.1. The standard InChI is InChI=1S/C23H26N2O7/c1-30-25-8-9-31-18-6-2-14(3-7-18)10-17-11-15(4-5-16(17)12-24)23-22(29)21(28)20(27)19(13-26)32-23/h2-8,11,19-23,26-29H,9-10,13H2,1H3/t19-,20-,21+,22+,23+/m1/s1. The van der Waals surface area contributed by atoms with Crippen LogP contribution in [0.4, 0.5) is 0 Å². The third-order valence-electron chi connectivity index (χ3n) is 5.29. The molecule has 0 unspecified atom stereocenters. The molecule has 170 valence electrons. The Morgan fingerprint density at radius 3 is 2.50 bits per heavy atom. The lowest BCUT2D eigenvalue weighted by atomic mass is 9.89. The zero-order valence-corrected chi connectivity index (χ0v) is 17.5. The van der Waals surface area contributed by atoms with Crippen molar-refractivity contribution in [1.29, 1.82) is 5.26 Å². The van der Waals surface area contributed by atoms with E-state index < -0.39 is 37.1 Å². The van der Waals surface area contributed by atoms with Crippen molar-refractivity contribution >= 4 is 6.21 Å². The highest BCUT2D eigenvalue weighted by Crippen LogP contribution is 2.33. The second-order valence-electron chi connectivity index (χ2n) is 7.38. The third kappa shape index (κ3) is 5.43. The van der Waals surface area contributed by atoms with Crippen LogP contribution in [0.15, 0.2) is 47.6 Å². The molecule has 3 rings (SSSR count). The Morgan fingerprint density at radius 1 is 1.09 bits per heavy atom. The molecular formula is C23H26N2O7. The number of nitriles is 1. The van der Waals surface area contributed by atoms with Crippen LogP contribution in [-0.4, -0.2) is 71.4 Å². The van der Waals surface area contributed by atoms with Crippen LogP contribution in [0.25, 0.3) is 0 Å². The maximum atomic E-state index is 10.4. The van der Waals surface area contributed by atoms with Gasteiger partial charge in [0, 0.05) is 0 Å². The lowest BCUT2D eigenvalue weighted by Gasteiger charge is -2.40. The molecule has 1 aliphatic rings. The van der Waals surface area contributed by atoms with E-state index in [0.29, 0.717) is 28.9 Å². The summed E-state index contributed by atoms with van der Waals surface area (Å²) >= 11 is 0. The number of benzene rings is 2. The molecule has 2 aromatic carbocycles. The Kier molecular flexibility index (Phi) is 8.16. The molecule has 1 aliphatic heterocycles. The summed E-state index contributed by atoms with van der Waals surface area (Å²) < 4.78 is 11.2. The van der Waals surface area contributed by atoms with Gasteiger partial charge in [0.1, 0.15) is 50.0 Å². The van der Waals surface area contributed by atoms with Gasteiger partial charge in [0.25, 0.3) is 0 Å². The molecule has 9 nitrogen and oxygen atoms in total. The van der Waals surface area contributed by atoms with Crippen LogP contribution in [0.3, 0.4) is 0 Å². The Labute approximate surface area is 185 Å². The van der Waals surface area contributed by atoms with E-state index in [1.165, 1.54) is 13.3 Å². The number of hydrogen-bond acceptors (Lipinski definition) is 9. The van der Waals surface area contributed by atoms with Crippen LogP contribution in [0.1, 0.15) is 28.4 Å². The summed E-state index contributed by atoms with van der Waals surface area (Å²) in [6, 6.07) is 14.5. The molecule has 32 heavy (non-hydrogen) atoms. The van der Waals surface area contributed by atoms with Crippen LogP contribution in [-0.2, 0) is 16.0 Å². The molecule has 9 heteroatoms. The van der Waals surface area contributed by atoms with E-state index in [1.807, 2.05) is 24.3 Å².